The third-order valence-electron chi connectivity index (χ3n) is 5.39. The summed E-state index contributed by atoms with van der Waals surface area (Å²) in [6, 6.07) is 3.73. The molecule has 4 unspecified atom stereocenters. The molecule has 1 aliphatic carbocycles. The van der Waals surface area contributed by atoms with Crippen LogP contribution in [-0.2, 0) is 14.9 Å². The number of nitrogens with one attached hydrogen (secondary N) is 1. The molecule has 0 amide bonds. The van der Waals surface area contributed by atoms with Crippen molar-refractivity contribution in [2.24, 2.45) is 11.8 Å². The number of carboxylic acids is 1. The number of hydrogen-bond donors (Lipinski definition) is 3. The van der Waals surface area contributed by atoms with Crippen LogP contribution in [0, 0.1) is 18.8 Å². The molecule has 6 nitrogen and oxygen atoms in total. The van der Waals surface area contributed by atoms with E-state index >= 15 is 0 Å². The van der Waals surface area contributed by atoms with Gasteiger partial charge >= 0.3 is 5.97 Å². The highest BCUT2D eigenvalue weighted by Gasteiger charge is 2.42. The molecule has 1 aliphatic heterocycles. The molecule has 2 aliphatic rings. The molecule has 0 radical (unpaired) electrons. The van der Waals surface area contributed by atoms with Crippen LogP contribution < -0.4 is 5.32 Å². The van der Waals surface area contributed by atoms with Crippen LogP contribution in [0.15, 0.2) is 23.1 Å². The number of benzene rings is 1. The second-order valence-corrected chi connectivity index (χ2v) is 8.39. The second-order valence-electron chi connectivity index (χ2n) is 7.00. The van der Waals surface area contributed by atoms with E-state index < -0.39 is 22.1 Å². The summed E-state index contributed by atoms with van der Waals surface area (Å²) in [6.07, 6.45) is 4.63. The quantitative estimate of drug-likeness (QED) is 0.722. The predicted octanol–water partition coefficient (Wildman–Crippen LogP) is 2.54. The zero-order valence-electron chi connectivity index (χ0n) is 13.6. The van der Waals surface area contributed by atoms with Gasteiger partial charge in [0.05, 0.1) is 4.90 Å². The van der Waals surface area contributed by atoms with Crippen LogP contribution in [0.4, 0.5) is 0 Å². The summed E-state index contributed by atoms with van der Waals surface area (Å²) in [5.74, 6) is -0.456. The maximum atomic E-state index is 11.8. The van der Waals surface area contributed by atoms with E-state index in [1.54, 1.807) is 12.1 Å². The van der Waals surface area contributed by atoms with Gasteiger partial charge in [0, 0.05) is 6.04 Å². The fraction of sp³-hybridized carbons (Fsp3) is 0.588. The van der Waals surface area contributed by atoms with Gasteiger partial charge in [-0.1, -0.05) is 37.0 Å². The maximum absolute atomic E-state index is 11.8. The Kier molecular flexibility index (Phi) is 4.68. The van der Waals surface area contributed by atoms with Gasteiger partial charge in [-0.15, -0.1) is 0 Å². The van der Waals surface area contributed by atoms with Crippen molar-refractivity contribution >= 4 is 16.1 Å². The fourth-order valence-corrected chi connectivity index (χ4v) is 5.04. The predicted molar refractivity (Wildman–Crippen MR) is 88.4 cm³/mol. The van der Waals surface area contributed by atoms with E-state index in [2.05, 4.69) is 5.32 Å². The van der Waals surface area contributed by atoms with Crippen LogP contribution >= 0.6 is 0 Å². The molecule has 0 bridgehead atoms. The maximum Gasteiger partial charge on any atom is 0.320 e. The van der Waals surface area contributed by atoms with E-state index in [1.807, 2.05) is 6.92 Å². The van der Waals surface area contributed by atoms with Crippen molar-refractivity contribution in [3.63, 3.8) is 0 Å². The molecule has 132 valence electrons. The summed E-state index contributed by atoms with van der Waals surface area (Å²) in [7, 11) is -4.36. The van der Waals surface area contributed by atoms with Gasteiger partial charge in [-0.3, -0.25) is 14.7 Å². The first-order chi connectivity index (χ1) is 11.3. The molecular weight excluding hydrogens is 330 g/mol. The Morgan fingerprint density at radius 3 is 2.62 bits per heavy atom. The van der Waals surface area contributed by atoms with E-state index in [1.165, 1.54) is 6.07 Å². The molecule has 3 rings (SSSR count). The lowest BCUT2D eigenvalue weighted by molar-refractivity contribution is -0.141. The van der Waals surface area contributed by atoms with E-state index in [4.69, 9.17) is 0 Å². The Hall–Kier alpha value is -1.44. The van der Waals surface area contributed by atoms with Gasteiger partial charge in [0.1, 0.15) is 6.04 Å². The highest BCUT2D eigenvalue weighted by Crippen LogP contribution is 2.45. The van der Waals surface area contributed by atoms with Crippen molar-refractivity contribution in [2.75, 3.05) is 0 Å². The van der Waals surface area contributed by atoms with Crippen molar-refractivity contribution in [2.45, 2.75) is 56.0 Å². The van der Waals surface area contributed by atoms with E-state index in [0.29, 0.717) is 12.0 Å². The van der Waals surface area contributed by atoms with Crippen molar-refractivity contribution in [3.05, 3.63) is 29.3 Å². The number of aryl methyl sites for hydroxylation is 1. The van der Waals surface area contributed by atoms with Crippen LogP contribution in [0.2, 0.25) is 0 Å². The molecule has 1 heterocycles. The molecule has 0 aromatic heterocycles. The number of hydrogen-bond acceptors (Lipinski definition) is 4. The normalized spacial score (nSPS) is 30.6. The molecule has 3 N–H and O–H groups in total. The van der Waals surface area contributed by atoms with Crippen LogP contribution in [0.3, 0.4) is 0 Å². The Balaban J connectivity index is 2.08. The topological polar surface area (TPSA) is 104 Å². The van der Waals surface area contributed by atoms with E-state index in [0.717, 1.165) is 31.2 Å². The SMILES string of the molecule is Cc1ccc(S(=O)(=O)O)c(C2NC(C(=O)O)CC3CCCCC32)c1. The third kappa shape index (κ3) is 3.34. The number of fused-ring (bicyclic) bond motifs is 1. The lowest BCUT2D eigenvalue weighted by atomic mass is 9.68. The number of carbonyl (C=O) groups is 1. The van der Waals surface area contributed by atoms with E-state index in [9.17, 15) is 22.9 Å². The summed E-state index contributed by atoms with van der Waals surface area (Å²) in [5, 5.41) is 12.6. The molecular formula is C17H23NO5S. The molecule has 0 spiro atoms. The second kappa shape index (κ2) is 6.46. The molecule has 2 fully saturated rings. The minimum absolute atomic E-state index is 0.124. The summed E-state index contributed by atoms with van der Waals surface area (Å²) in [5.41, 5.74) is 1.37. The summed E-state index contributed by atoms with van der Waals surface area (Å²) in [4.78, 5) is 11.4. The first kappa shape index (κ1) is 17.4. The average molecular weight is 353 g/mol. The number of carboxylic acid groups (broad SMARTS) is 1. The van der Waals surface area contributed by atoms with E-state index in [-0.39, 0.29) is 22.8 Å². The Bertz CT molecular complexity index is 745. The van der Waals surface area contributed by atoms with Crippen LogP contribution in [0.1, 0.15) is 49.3 Å². The summed E-state index contributed by atoms with van der Waals surface area (Å²) < 4.78 is 33.2. The van der Waals surface area contributed by atoms with Crippen molar-refractivity contribution in [1.82, 2.24) is 5.32 Å². The molecule has 1 saturated heterocycles. The minimum Gasteiger partial charge on any atom is -0.480 e. The van der Waals surface area contributed by atoms with Crippen LogP contribution in [0.5, 0.6) is 0 Å². The number of piperidine rings is 1. The third-order valence-corrected chi connectivity index (χ3v) is 6.32. The van der Waals surface area contributed by atoms with Crippen molar-refractivity contribution in [3.8, 4) is 0 Å². The van der Waals surface area contributed by atoms with Gasteiger partial charge < -0.3 is 5.11 Å². The lowest BCUT2D eigenvalue weighted by Crippen LogP contribution is -2.51. The average Bonchev–Trinajstić information content (AvgIpc) is 2.52. The summed E-state index contributed by atoms with van der Waals surface area (Å²) >= 11 is 0. The number of rotatable bonds is 3. The van der Waals surface area contributed by atoms with Crippen LogP contribution in [0.25, 0.3) is 0 Å². The minimum atomic E-state index is -4.36. The Morgan fingerprint density at radius 2 is 1.96 bits per heavy atom. The van der Waals surface area contributed by atoms with Gasteiger partial charge in [-0.05, 0) is 43.2 Å². The lowest BCUT2D eigenvalue weighted by Gasteiger charge is -2.45. The number of aliphatic carboxylic acids is 1. The Morgan fingerprint density at radius 1 is 1.25 bits per heavy atom. The van der Waals surface area contributed by atoms with Gasteiger partial charge in [-0.2, -0.15) is 8.42 Å². The smallest absolute Gasteiger partial charge is 0.320 e. The molecule has 4 atom stereocenters. The first-order valence-corrected chi connectivity index (χ1v) is 9.78. The fourth-order valence-electron chi connectivity index (χ4n) is 4.32. The van der Waals surface area contributed by atoms with Gasteiger partial charge in [0.2, 0.25) is 0 Å². The molecule has 24 heavy (non-hydrogen) atoms. The van der Waals surface area contributed by atoms with Crippen molar-refractivity contribution in [1.29, 1.82) is 0 Å². The largest absolute Gasteiger partial charge is 0.480 e. The highest BCUT2D eigenvalue weighted by atomic mass is 32.2. The monoisotopic (exact) mass is 353 g/mol. The van der Waals surface area contributed by atoms with Gasteiger partial charge in [0.15, 0.2) is 0 Å². The highest BCUT2D eigenvalue weighted by molar-refractivity contribution is 7.85. The van der Waals surface area contributed by atoms with Gasteiger partial charge in [-0.25, -0.2) is 0 Å². The molecule has 7 heteroatoms. The van der Waals surface area contributed by atoms with Crippen LogP contribution in [-0.4, -0.2) is 30.1 Å². The van der Waals surface area contributed by atoms with Crippen molar-refractivity contribution < 1.29 is 22.9 Å². The Labute approximate surface area is 142 Å². The first-order valence-electron chi connectivity index (χ1n) is 8.34. The molecule has 1 aromatic carbocycles. The van der Waals surface area contributed by atoms with Gasteiger partial charge in [0.25, 0.3) is 10.1 Å². The standard InChI is InChI=1S/C17H23NO5S/c1-10-6-7-15(24(21,22)23)13(8-10)16-12-5-3-2-4-11(12)9-14(18-16)17(19)20/h6-8,11-12,14,16,18H,2-5,9H2,1H3,(H,19,20)(H,21,22,23). The summed E-state index contributed by atoms with van der Waals surface area (Å²) in [6.45, 7) is 1.85. The molecule has 1 aromatic rings. The molecule has 1 saturated carbocycles. The zero-order chi connectivity index (χ0) is 17.5. The zero-order valence-corrected chi connectivity index (χ0v) is 14.4.